The molecular weight excluding hydrogens is 376 g/mol. The lowest BCUT2D eigenvalue weighted by Gasteiger charge is -2.19. The van der Waals surface area contributed by atoms with Gasteiger partial charge in [0, 0.05) is 17.0 Å². The van der Waals surface area contributed by atoms with E-state index in [1.165, 1.54) is 11.7 Å². The maximum absolute atomic E-state index is 12.9. The lowest BCUT2D eigenvalue weighted by molar-refractivity contribution is 0.0773. The van der Waals surface area contributed by atoms with Crippen molar-refractivity contribution >= 4 is 32.5 Å². The Morgan fingerprint density at radius 2 is 1.68 bits per heavy atom. The minimum Gasteiger partial charge on any atom is -0.496 e. The van der Waals surface area contributed by atoms with Gasteiger partial charge in [0.15, 0.2) is 0 Å². The van der Waals surface area contributed by atoms with Crippen LogP contribution in [0.5, 0.6) is 5.75 Å². The van der Waals surface area contributed by atoms with Gasteiger partial charge < -0.3 is 4.74 Å². The zero-order valence-corrected chi connectivity index (χ0v) is 17.4. The summed E-state index contributed by atoms with van der Waals surface area (Å²) in [5.74, 6) is 0.417. The van der Waals surface area contributed by atoms with Gasteiger partial charge in [0.05, 0.1) is 23.2 Å². The zero-order valence-electron chi connectivity index (χ0n) is 16.6. The molecule has 0 spiro atoms. The Morgan fingerprint density at radius 1 is 1.04 bits per heavy atom. The SMILES string of the molecule is COc1ccc(NS(=O)(=O)c2ccc(C)cc2)c2c1ccn2C(=O)C(C)(C)C. The highest BCUT2D eigenvalue weighted by atomic mass is 32.2. The monoisotopic (exact) mass is 400 g/mol. The molecule has 3 rings (SSSR count). The second kappa shape index (κ2) is 6.98. The molecule has 1 N–H and O–H groups in total. The molecule has 148 valence electrons. The van der Waals surface area contributed by atoms with Crippen molar-refractivity contribution in [1.82, 2.24) is 4.57 Å². The van der Waals surface area contributed by atoms with Crippen molar-refractivity contribution in [3.05, 3.63) is 54.2 Å². The second-order valence-corrected chi connectivity index (χ2v) is 9.42. The first-order chi connectivity index (χ1) is 13.0. The van der Waals surface area contributed by atoms with Crippen LogP contribution in [0.25, 0.3) is 10.9 Å². The summed E-state index contributed by atoms with van der Waals surface area (Å²) in [6.45, 7) is 7.34. The minimum atomic E-state index is -3.81. The molecule has 28 heavy (non-hydrogen) atoms. The van der Waals surface area contributed by atoms with E-state index < -0.39 is 15.4 Å². The number of aromatic nitrogens is 1. The smallest absolute Gasteiger partial charge is 0.261 e. The number of rotatable bonds is 4. The molecule has 0 amide bonds. The number of carbonyl (C=O) groups is 1. The summed E-state index contributed by atoms with van der Waals surface area (Å²) in [4.78, 5) is 13.1. The van der Waals surface area contributed by atoms with Crippen LogP contribution in [0.2, 0.25) is 0 Å². The largest absolute Gasteiger partial charge is 0.496 e. The van der Waals surface area contributed by atoms with Crippen LogP contribution < -0.4 is 9.46 Å². The van der Waals surface area contributed by atoms with E-state index in [-0.39, 0.29) is 10.8 Å². The molecule has 2 aromatic carbocycles. The number of fused-ring (bicyclic) bond motifs is 1. The van der Waals surface area contributed by atoms with E-state index in [9.17, 15) is 13.2 Å². The summed E-state index contributed by atoms with van der Waals surface area (Å²) in [6, 6.07) is 11.6. The van der Waals surface area contributed by atoms with E-state index in [1.54, 1.807) is 48.7 Å². The Hall–Kier alpha value is -2.80. The van der Waals surface area contributed by atoms with Gasteiger partial charge in [0.2, 0.25) is 5.91 Å². The summed E-state index contributed by atoms with van der Waals surface area (Å²) < 4.78 is 35.2. The van der Waals surface area contributed by atoms with Crippen LogP contribution in [0.3, 0.4) is 0 Å². The number of anilines is 1. The molecule has 7 heteroatoms. The number of nitrogens with zero attached hydrogens (tertiary/aromatic N) is 1. The van der Waals surface area contributed by atoms with Crippen molar-refractivity contribution in [2.24, 2.45) is 5.41 Å². The molecule has 6 nitrogen and oxygen atoms in total. The highest BCUT2D eigenvalue weighted by molar-refractivity contribution is 7.92. The predicted molar refractivity (Wildman–Crippen MR) is 111 cm³/mol. The van der Waals surface area contributed by atoms with Crippen molar-refractivity contribution in [2.75, 3.05) is 11.8 Å². The number of benzene rings is 2. The second-order valence-electron chi connectivity index (χ2n) is 7.74. The predicted octanol–water partition coefficient (Wildman–Crippen LogP) is 4.45. The molecule has 0 unspecified atom stereocenters. The van der Waals surface area contributed by atoms with Gasteiger partial charge in [-0.3, -0.25) is 14.1 Å². The van der Waals surface area contributed by atoms with Crippen molar-refractivity contribution in [3.63, 3.8) is 0 Å². The van der Waals surface area contributed by atoms with E-state index in [2.05, 4.69) is 4.72 Å². The first-order valence-electron chi connectivity index (χ1n) is 8.87. The molecule has 1 aromatic heterocycles. The van der Waals surface area contributed by atoms with Gasteiger partial charge in [-0.2, -0.15) is 0 Å². The Morgan fingerprint density at radius 3 is 2.25 bits per heavy atom. The van der Waals surface area contributed by atoms with Crippen molar-refractivity contribution < 1.29 is 17.9 Å². The fourth-order valence-electron chi connectivity index (χ4n) is 2.95. The van der Waals surface area contributed by atoms with Gasteiger partial charge in [-0.25, -0.2) is 8.42 Å². The molecule has 0 aliphatic heterocycles. The van der Waals surface area contributed by atoms with E-state index >= 15 is 0 Å². The molecular formula is C21H24N2O4S. The number of sulfonamides is 1. The lowest BCUT2D eigenvalue weighted by atomic mass is 9.95. The van der Waals surface area contributed by atoms with E-state index in [4.69, 9.17) is 4.74 Å². The third-order valence-corrected chi connectivity index (χ3v) is 5.85. The lowest BCUT2D eigenvalue weighted by Crippen LogP contribution is -2.26. The number of nitrogens with one attached hydrogen (secondary N) is 1. The molecule has 0 saturated heterocycles. The molecule has 3 aromatic rings. The summed E-state index contributed by atoms with van der Waals surface area (Å²) >= 11 is 0. The summed E-state index contributed by atoms with van der Waals surface area (Å²) in [5.41, 5.74) is 1.12. The van der Waals surface area contributed by atoms with Gasteiger partial charge >= 0.3 is 0 Å². The molecule has 1 heterocycles. The molecule has 0 aliphatic carbocycles. The van der Waals surface area contributed by atoms with Gasteiger partial charge in [-0.05, 0) is 37.3 Å². The summed E-state index contributed by atoms with van der Waals surface area (Å²) in [6.07, 6.45) is 1.64. The molecule has 0 atom stereocenters. The Kier molecular flexibility index (Phi) is 4.97. The van der Waals surface area contributed by atoms with E-state index in [0.717, 1.165) is 5.56 Å². The number of aryl methyl sites for hydroxylation is 1. The van der Waals surface area contributed by atoms with Crippen LogP contribution in [0.4, 0.5) is 5.69 Å². The molecule has 0 saturated carbocycles. The van der Waals surface area contributed by atoms with Crippen LogP contribution >= 0.6 is 0 Å². The quantitative estimate of drug-likeness (QED) is 0.702. The van der Waals surface area contributed by atoms with E-state index in [0.29, 0.717) is 22.3 Å². The van der Waals surface area contributed by atoms with Crippen LogP contribution in [0, 0.1) is 12.3 Å². The Labute approximate surface area is 165 Å². The molecule has 0 bridgehead atoms. The van der Waals surface area contributed by atoms with Gasteiger partial charge in [-0.15, -0.1) is 0 Å². The van der Waals surface area contributed by atoms with Crippen molar-refractivity contribution in [1.29, 1.82) is 0 Å². The van der Waals surface area contributed by atoms with Crippen molar-refractivity contribution in [3.8, 4) is 5.75 Å². The average molecular weight is 401 g/mol. The number of hydrogen-bond acceptors (Lipinski definition) is 4. The normalized spacial score (nSPS) is 12.2. The maximum atomic E-state index is 12.9. The number of carbonyl (C=O) groups excluding carboxylic acids is 1. The molecule has 0 radical (unpaired) electrons. The first-order valence-corrected chi connectivity index (χ1v) is 10.4. The zero-order chi connectivity index (χ0) is 20.7. The number of methoxy groups -OCH3 is 1. The summed E-state index contributed by atoms with van der Waals surface area (Å²) in [5, 5.41) is 0.657. The standard InChI is InChI=1S/C21H24N2O4S/c1-14-6-8-15(9-7-14)28(25,26)22-17-10-11-18(27-5)16-12-13-23(19(16)17)20(24)21(2,3)4/h6-13,22H,1-5H3. The average Bonchev–Trinajstić information content (AvgIpc) is 3.06. The minimum absolute atomic E-state index is 0.147. The van der Waals surface area contributed by atoms with Crippen LogP contribution in [0.15, 0.2) is 53.6 Å². The topological polar surface area (TPSA) is 77.4 Å². The third-order valence-electron chi connectivity index (χ3n) is 4.46. The Balaban J connectivity index is 2.17. The summed E-state index contributed by atoms with van der Waals surface area (Å²) in [7, 11) is -2.28. The highest BCUT2D eigenvalue weighted by Crippen LogP contribution is 2.35. The van der Waals surface area contributed by atoms with Crippen molar-refractivity contribution in [2.45, 2.75) is 32.6 Å². The highest BCUT2D eigenvalue weighted by Gasteiger charge is 2.27. The Bertz CT molecular complexity index is 1140. The van der Waals surface area contributed by atoms with Gasteiger partial charge in [0.25, 0.3) is 10.0 Å². The molecule has 0 fully saturated rings. The first kappa shape index (κ1) is 19.9. The third kappa shape index (κ3) is 3.62. The number of ether oxygens (including phenoxy) is 1. The van der Waals surface area contributed by atoms with Gasteiger partial charge in [-0.1, -0.05) is 38.5 Å². The van der Waals surface area contributed by atoms with Crippen LogP contribution in [0.1, 0.15) is 31.1 Å². The van der Waals surface area contributed by atoms with Gasteiger partial charge in [0.1, 0.15) is 5.75 Å². The van der Waals surface area contributed by atoms with E-state index in [1.807, 2.05) is 27.7 Å². The fourth-order valence-corrected chi connectivity index (χ4v) is 4.01. The fraction of sp³-hybridized carbons (Fsp3) is 0.286. The number of hydrogen-bond donors (Lipinski definition) is 1. The van der Waals surface area contributed by atoms with Crippen LogP contribution in [-0.4, -0.2) is 26.0 Å². The van der Waals surface area contributed by atoms with Crippen LogP contribution in [-0.2, 0) is 10.0 Å². The molecule has 0 aliphatic rings. The maximum Gasteiger partial charge on any atom is 0.261 e.